The zero-order chi connectivity index (χ0) is 10.8. The maximum Gasteiger partial charge on any atom is 0.326 e. The quantitative estimate of drug-likeness (QED) is 0.648. The number of likely N-dealkylation sites (N-methyl/N-ethyl adjacent to an activating group) is 1. The lowest BCUT2D eigenvalue weighted by atomic mass is 9.98. The second kappa shape index (κ2) is 4.18. The van der Waals surface area contributed by atoms with Crippen LogP contribution in [0.5, 0.6) is 0 Å². The van der Waals surface area contributed by atoms with Gasteiger partial charge in [-0.2, -0.15) is 0 Å². The standard InChI is InChI=1S/C10H17N3O2/c1-12-7-9(14)13(10(12)15)6-8-2-4-11-5-3-8/h8,11H,2-7H2,1H3. The van der Waals surface area contributed by atoms with Gasteiger partial charge in [0, 0.05) is 13.6 Å². The fourth-order valence-corrected chi connectivity index (χ4v) is 2.17. The summed E-state index contributed by atoms with van der Waals surface area (Å²) in [5.74, 6) is 0.423. The summed E-state index contributed by atoms with van der Waals surface area (Å²) in [7, 11) is 1.67. The monoisotopic (exact) mass is 211 g/mol. The molecule has 5 nitrogen and oxygen atoms in total. The van der Waals surface area contributed by atoms with Crippen molar-refractivity contribution in [2.75, 3.05) is 33.2 Å². The number of nitrogens with zero attached hydrogens (tertiary/aromatic N) is 2. The van der Waals surface area contributed by atoms with Crippen LogP contribution in [0.2, 0.25) is 0 Å². The van der Waals surface area contributed by atoms with Gasteiger partial charge in [-0.05, 0) is 31.8 Å². The van der Waals surface area contributed by atoms with E-state index in [2.05, 4.69) is 5.32 Å². The van der Waals surface area contributed by atoms with Crippen molar-refractivity contribution < 1.29 is 9.59 Å². The minimum atomic E-state index is -0.140. The molecule has 2 aliphatic rings. The van der Waals surface area contributed by atoms with E-state index < -0.39 is 0 Å². The molecule has 15 heavy (non-hydrogen) atoms. The molecule has 0 bridgehead atoms. The highest BCUT2D eigenvalue weighted by Gasteiger charge is 2.34. The predicted molar refractivity (Wildman–Crippen MR) is 55.3 cm³/mol. The van der Waals surface area contributed by atoms with Gasteiger partial charge in [0.25, 0.3) is 0 Å². The first-order valence-corrected chi connectivity index (χ1v) is 5.44. The van der Waals surface area contributed by atoms with E-state index in [1.165, 1.54) is 9.80 Å². The van der Waals surface area contributed by atoms with Gasteiger partial charge in [0.15, 0.2) is 0 Å². The van der Waals surface area contributed by atoms with E-state index in [-0.39, 0.29) is 18.5 Å². The number of carbonyl (C=O) groups excluding carboxylic acids is 2. The van der Waals surface area contributed by atoms with Gasteiger partial charge in [0.05, 0.1) is 0 Å². The predicted octanol–water partition coefficient (Wildman–Crippen LogP) is -0.120. The zero-order valence-electron chi connectivity index (χ0n) is 9.03. The Morgan fingerprint density at radius 2 is 2.00 bits per heavy atom. The van der Waals surface area contributed by atoms with E-state index in [0.29, 0.717) is 12.5 Å². The van der Waals surface area contributed by atoms with Crippen molar-refractivity contribution in [3.8, 4) is 0 Å². The van der Waals surface area contributed by atoms with Crippen LogP contribution in [0.25, 0.3) is 0 Å². The van der Waals surface area contributed by atoms with Crippen LogP contribution >= 0.6 is 0 Å². The topological polar surface area (TPSA) is 52.7 Å². The smallest absolute Gasteiger partial charge is 0.318 e. The van der Waals surface area contributed by atoms with Crippen molar-refractivity contribution in [3.05, 3.63) is 0 Å². The molecule has 2 saturated heterocycles. The van der Waals surface area contributed by atoms with Crippen molar-refractivity contribution >= 4 is 11.9 Å². The van der Waals surface area contributed by atoms with E-state index in [1.54, 1.807) is 7.05 Å². The van der Waals surface area contributed by atoms with Crippen LogP contribution in [0.15, 0.2) is 0 Å². The van der Waals surface area contributed by atoms with Crippen LogP contribution in [-0.2, 0) is 4.79 Å². The van der Waals surface area contributed by atoms with E-state index in [9.17, 15) is 9.59 Å². The van der Waals surface area contributed by atoms with Gasteiger partial charge in [0.1, 0.15) is 6.54 Å². The highest BCUT2D eigenvalue weighted by atomic mass is 16.2. The molecule has 0 aromatic carbocycles. The van der Waals surface area contributed by atoms with Crippen molar-refractivity contribution in [1.29, 1.82) is 0 Å². The molecule has 3 amide bonds. The molecule has 0 radical (unpaired) electrons. The minimum absolute atomic E-state index is 0.0546. The van der Waals surface area contributed by atoms with Gasteiger partial charge in [-0.15, -0.1) is 0 Å². The lowest BCUT2D eigenvalue weighted by molar-refractivity contribution is -0.125. The number of amides is 3. The summed E-state index contributed by atoms with van der Waals surface area (Å²) in [4.78, 5) is 26.0. The van der Waals surface area contributed by atoms with Crippen LogP contribution in [0.3, 0.4) is 0 Å². The molecule has 2 rings (SSSR count). The third kappa shape index (κ3) is 2.12. The number of imide groups is 1. The van der Waals surface area contributed by atoms with Crippen molar-refractivity contribution in [2.45, 2.75) is 12.8 Å². The lowest BCUT2D eigenvalue weighted by Crippen LogP contribution is -2.39. The van der Waals surface area contributed by atoms with Gasteiger partial charge < -0.3 is 10.2 Å². The Labute approximate surface area is 89.4 Å². The Kier molecular flexibility index (Phi) is 2.90. The summed E-state index contributed by atoms with van der Waals surface area (Å²) in [6.45, 7) is 2.83. The number of piperidine rings is 1. The van der Waals surface area contributed by atoms with Gasteiger partial charge in [-0.25, -0.2) is 4.79 Å². The Balaban J connectivity index is 1.93. The fourth-order valence-electron chi connectivity index (χ4n) is 2.17. The summed E-state index contributed by atoms with van der Waals surface area (Å²) < 4.78 is 0. The zero-order valence-corrected chi connectivity index (χ0v) is 9.03. The third-order valence-corrected chi connectivity index (χ3v) is 3.13. The molecule has 2 heterocycles. The van der Waals surface area contributed by atoms with Crippen LogP contribution in [0.1, 0.15) is 12.8 Å². The van der Waals surface area contributed by atoms with Gasteiger partial charge >= 0.3 is 6.03 Å². The summed E-state index contributed by atoms with van der Waals surface area (Å²) in [6.07, 6.45) is 2.11. The maximum atomic E-state index is 11.6. The lowest BCUT2D eigenvalue weighted by Gasteiger charge is -2.26. The van der Waals surface area contributed by atoms with E-state index in [1.807, 2.05) is 0 Å². The molecule has 0 spiro atoms. The first kappa shape index (κ1) is 10.4. The first-order chi connectivity index (χ1) is 7.18. The molecule has 0 aromatic heterocycles. The third-order valence-electron chi connectivity index (χ3n) is 3.13. The molecule has 0 aliphatic carbocycles. The van der Waals surface area contributed by atoms with Crippen molar-refractivity contribution in [3.63, 3.8) is 0 Å². The molecular formula is C10H17N3O2. The number of hydrogen-bond acceptors (Lipinski definition) is 3. The Morgan fingerprint density at radius 1 is 1.33 bits per heavy atom. The normalized spacial score (nSPS) is 24.1. The first-order valence-electron chi connectivity index (χ1n) is 5.44. The fraction of sp³-hybridized carbons (Fsp3) is 0.800. The summed E-state index contributed by atoms with van der Waals surface area (Å²) >= 11 is 0. The number of rotatable bonds is 2. The van der Waals surface area contributed by atoms with Crippen LogP contribution in [0, 0.1) is 5.92 Å². The molecule has 0 atom stereocenters. The summed E-state index contributed by atoms with van der Waals surface area (Å²) in [5, 5.41) is 3.27. The van der Waals surface area contributed by atoms with Crippen LogP contribution in [-0.4, -0.2) is 55.0 Å². The molecule has 84 valence electrons. The summed E-state index contributed by atoms with van der Waals surface area (Å²) in [5.41, 5.74) is 0. The SMILES string of the molecule is CN1CC(=O)N(CC2CCNCC2)C1=O. The molecule has 0 saturated carbocycles. The molecule has 2 aliphatic heterocycles. The van der Waals surface area contributed by atoms with E-state index in [4.69, 9.17) is 0 Å². The van der Waals surface area contributed by atoms with E-state index in [0.717, 1.165) is 25.9 Å². The number of urea groups is 1. The maximum absolute atomic E-state index is 11.6. The van der Waals surface area contributed by atoms with E-state index >= 15 is 0 Å². The second-order valence-corrected chi connectivity index (χ2v) is 4.34. The average Bonchev–Trinajstić information content (AvgIpc) is 2.47. The Hall–Kier alpha value is -1.10. The van der Waals surface area contributed by atoms with Crippen molar-refractivity contribution in [1.82, 2.24) is 15.1 Å². The number of carbonyl (C=O) groups is 2. The number of nitrogens with one attached hydrogen (secondary N) is 1. The molecule has 2 fully saturated rings. The highest BCUT2D eigenvalue weighted by molar-refractivity contribution is 6.01. The largest absolute Gasteiger partial charge is 0.326 e. The second-order valence-electron chi connectivity index (χ2n) is 4.34. The molecular weight excluding hydrogens is 194 g/mol. The molecule has 0 unspecified atom stereocenters. The number of hydrogen-bond donors (Lipinski definition) is 1. The highest BCUT2D eigenvalue weighted by Crippen LogP contribution is 2.17. The Bertz CT molecular complexity index is 274. The molecule has 5 heteroatoms. The van der Waals surface area contributed by atoms with Crippen molar-refractivity contribution in [2.24, 2.45) is 5.92 Å². The van der Waals surface area contributed by atoms with Gasteiger partial charge in [-0.3, -0.25) is 9.69 Å². The summed E-state index contributed by atoms with van der Waals surface area (Å²) in [6, 6.07) is -0.140. The minimum Gasteiger partial charge on any atom is -0.318 e. The average molecular weight is 211 g/mol. The van der Waals surface area contributed by atoms with Crippen LogP contribution < -0.4 is 5.32 Å². The molecule has 0 aromatic rings. The van der Waals surface area contributed by atoms with Gasteiger partial charge in [-0.1, -0.05) is 0 Å². The van der Waals surface area contributed by atoms with Crippen LogP contribution in [0.4, 0.5) is 4.79 Å². The Morgan fingerprint density at radius 3 is 2.53 bits per heavy atom. The molecule has 1 N–H and O–H groups in total. The van der Waals surface area contributed by atoms with Gasteiger partial charge in [0.2, 0.25) is 5.91 Å².